The van der Waals surface area contributed by atoms with Crippen molar-refractivity contribution in [2.24, 2.45) is 0 Å². The number of rotatable bonds is 3. The number of carbonyl (C=O) groups is 1. The van der Waals surface area contributed by atoms with E-state index in [4.69, 9.17) is 14.3 Å². The van der Waals surface area contributed by atoms with Crippen LogP contribution in [0.5, 0.6) is 11.5 Å². The fourth-order valence-corrected chi connectivity index (χ4v) is 3.84. The molecule has 3 aromatic heterocycles. The molecule has 0 radical (unpaired) electrons. The molecule has 2 aromatic carbocycles. The second-order valence-electron chi connectivity index (χ2n) is 7.77. The Hall–Kier alpha value is -4.74. The van der Waals surface area contributed by atoms with E-state index in [0.29, 0.717) is 17.1 Å². The maximum absolute atomic E-state index is 14.4. The maximum atomic E-state index is 14.4. The number of fused-ring (bicyclic) bond motifs is 2. The number of aldehydes is 1. The monoisotopic (exact) mass is 514 g/mol. The van der Waals surface area contributed by atoms with E-state index in [1.54, 1.807) is 12.4 Å². The number of imidazole rings is 1. The number of aromatic amines is 1. The number of nitrogens with one attached hydrogen (secondary N) is 1. The SMILES string of the molecule is Fc1cccc(F)c1-c1[nH]ncc1-c1ccc2ncc(-c3ccc4c(c3)OCO4)n2c1.O=CC(F)(F)F. The fraction of sp³-hybridized carbons (Fsp3) is 0.0800. The van der Waals surface area contributed by atoms with Crippen LogP contribution in [0.4, 0.5) is 22.0 Å². The number of hydrogen-bond acceptors (Lipinski definition) is 5. The second-order valence-corrected chi connectivity index (χ2v) is 7.77. The molecule has 4 heterocycles. The van der Waals surface area contributed by atoms with Crippen molar-refractivity contribution in [3.8, 4) is 45.1 Å². The molecule has 0 saturated heterocycles. The number of carbonyl (C=O) groups excluding carboxylic acids is 1. The highest BCUT2D eigenvalue weighted by atomic mass is 19.4. The van der Waals surface area contributed by atoms with Gasteiger partial charge in [-0.2, -0.15) is 18.3 Å². The molecule has 1 aliphatic heterocycles. The van der Waals surface area contributed by atoms with Gasteiger partial charge >= 0.3 is 6.18 Å². The highest BCUT2D eigenvalue weighted by molar-refractivity contribution is 5.81. The number of nitrogens with zero attached hydrogens (tertiary/aromatic N) is 3. The van der Waals surface area contributed by atoms with Crippen LogP contribution in [0.3, 0.4) is 0 Å². The van der Waals surface area contributed by atoms with Gasteiger partial charge in [0.2, 0.25) is 13.1 Å². The van der Waals surface area contributed by atoms with Crippen molar-refractivity contribution < 1.29 is 36.2 Å². The van der Waals surface area contributed by atoms with Gasteiger partial charge in [0.05, 0.1) is 29.3 Å². The number of aromatic nitrogens is 4. The van der Waals surface area contributed by atoms with Gasteiger partial charge in [0, 0.05) is 22.9 Å². The van der Waals surface area contributed by atoms with Gasteiger partial charge in [0.25, 0.3) is 0 Å². The first-order valence-electron chi connectivity index (χ1n) is 10.6. The van der Waals surface area contributed by atoms with Crippen LogP contribution >= 0.6 is 0 Å². The molecule has 1 aliphatic rings. The van der Waals surface area contributed by atoms with Gasteiger partial charge < -0.3 is 9.47 Å². The molecule has 0 bridgehead atoms. The molecule has 0 saturated carbocycles. The van der Waals surface area contributed by atoms with Gasteiger partial charge in [-0.05, 0) is 42.5 Å². The lowest BCUT2D eigenvalue weighted by Crippen LogP contribution is -2.07. The summed E-state index contributed by atoms with van der Waals surface area (Å²) in [5, 5.41) is 6.76. The number of ether oxygens (including phenoxy) is 2. The third-order valence-corrected chi connectivity index (χ3v) is 5.47. The van der Waals surface area contributed by atoms with E-state index in [1.165, 1.54) is 18.2 Å². The number of benzene rings is 2. The fourth-order valence-electron chi connectivity index (χ4n) is 3.84. The first kappa shape index (κ1) is 24.0. The van der Waals surface area contributed by atoms with Crippen LogP contribution in [0.1, 0.15) is 0 Å². The van der Waals surface area contributed by atoms with E-state index in [1.807, 2.05) is 40.9 Å². The summed E-state index contributed by atoms with van der Waals surface area (Å²) >= 11 is 0. The average Bonchev–Trinajstić information content (AvgIpc) is 3.62. The predicted octanol–water partition coefficient (Wildman–Crippen LogP) is 5.81. The molecule has 0 spiro atoms. The Morgan fingerprint density at radius 3 is 2.38 bits per heavy atom. The van der Waals surface area contributed by atoms with Gasteiger partial charge in [0.1, 0.15) is 17.3 Å². The van der Waals surface area contributed by atoms with Crippen LogP contribution in [0.2, 0.25) is 0 Å². The Morgan fingerprint density at radius 1 is 0.946 bits per heavy atom. The number of hydrogen-bond donors (Lipinski definition) is 1. The van der Waals surface area contributed by atoms with Crippen molar-refractivity contribution >= 4 is 11.9 Å². The van der Waals surface area contributed by atoms with Crippen LogP contribution in [0.15, 0.2) is 67.1 Å². The summed E-state index contributed by atoms with van der Waals surface area (Å²) in [6.45, 7) is 0.200. The molecule has 0 fully saturated rings. The minimum Gasteiger partial charge on any atom is -0.454 e. The van der Waals surface area contributed by atoms with E-state index in [-0.39, 0.29) is 18.1 Å². The number of alkyl halides is 3. The van der Waals surface area contributed by atoms with Crippen molar-refractivity contribution in [3.05, 3.63) is 78.8 Å². The lowest BCUT2D eigenvalue weighted by molar-refractivity contribution is -0.156. The molecule has 0 unspecified atom stereocenters. The Morgan fingerprint density at radius 2 is 1.65 bits per heavy atom. The maximum Gasteiger partial charge on any atom is 0.446 e. The van der Waals surface area contributed by atoms with Crippen LogP contribution in [-0.4, -0.2) is 38.8 Å². The minimum atomic E-state index is -4.64. The number of halogens is 5. The van der Waals surface area contributed by atoms with Crippen molar-refractivity contribution in [1.82, 2.24) is 19.6 Å². The van der Waals surface area contributed by atoms with Crippen LogP contribution < -0.4 is 9.47 Å². The highest BCUT2D eigenvalue weighted by Crippen LogP contribution is 2.37. The minimum absolute atomic E-state index is 0.142. The van der Waals surface area contributed by atoms with E-state index in [9.17, 15) is 22.0 Å². The Balaban J connectivity index is 0.000000421. The lowest BCUT2D eigenvalue weighted by Gasteiger charge is -2.08. The summed E-state index contributed by atoms with van der Waals surface area (Å²) in [6, 6.07) is 13.2. The molecule has 5 aromatic rings. The zero-order valence-electron chi connectivity index (χ0n) is 18.6. The normalized spacial score (nSPS) is 12.4. The molecule has 0 amide bonds. The third-order valence-electron chi connectivity index (χ3n) is 5.47. The molecule has 12 heteroatoms. The lowest BCUT2D eigenvalue weighted by atomic mass is 10.0. The Labute approximate surface area is 205 Å². The van der Waals surface area contributed by atoms with Crippen molar-refractivity contribution in [2.75, 3.05) is 6.79 Å². The van der Waals surface area contributed by atoms with Crippen LogP contribution in [-0.2, 0) is 4.79 Å². The molecule has 188 valence electrons. The van der Waals surface area contributed by atoms with Crippen LogP contribution in [0, 0.1) is 11.6 Å². The van der Waals surface area contributed by atoms with Crippen LogP contribution in [0.25, 0.3) is 39.3 Å². The zero-order chi connectivity index (χ0) is 26.2. The first-order valence-corrected chi connectivity index (χ1v) is 10.6. The van der Waals surface area contributed by atoms with E-state index < -0.39 is 24.1 Å². The standard InChI is InChI=1S/C23H14F2N4O2.C2HF3O/c24-16-2-1-3-17(25)22(16)23-15(9-27-28-23)14-5-7-21-26-10-18(29(21)11-14)13-4-6-19-20(8-13)31-12-30-19;3-2(4,5)1-6/h1-11H,12H2,(H,27,28);1H. The summed E-state index contributed by atoms with van der Waals surface area (Å²) < 4.78 is 72.8. The molecule has 1 N–H and O–H groups in total. The Bertz CT molecular complexity index is 1590. The summed E-state index contributed by atoms with van der Waals surface area (Å²) in [5.74, 6) is 0.0643. The average molecular weight is 514 g/mol. The van der Waals surface area contributed by atoms with Crippen molar-refractivity contribution in [1.29, 1.82) is 0 Å². The van der Waals surface area contributed by atoms with Gasteiger partial charge in [-0.3, -0.25) is 14.3 Å². The van der Waals surface area contributed by atoms with E-state index in [0.717, 1.165) is 22.5 Å². The largest absolute Gasteiger partial charge is 0.454 e. The summed E-state index contributed by atoms with van der Waals surface area (Å²) in [4.78, 5) is 13.2. The Kier molecular flexibility index (Phi) is 6.07. The zero-order valence-corrected chi connectivity index (χ0v) is 18.6. The molecule has 0 aliphatic carbocycles. The second kappa shape index (κ2) is 9.37. The number of pyridine rings is 1. The van der Waals surface area contributed by atoms with Gasteiger partial charge in [-0.15, -0.1) is 0 Å². The molecule has 0 atom stereocenters. The summed E-state index contributed by atoms with van der Waals surface area (Å²) in [5.41, 5.74) is 3.93. The van der Waals surface area contributed by atoms with Crippen molar-refractivity contribution in [2.45, 2.75) is 6.18 Å². The highest BCUT2D eigenvalue weighted by Gasteiger charge is 2.25. The summed E-state index contributed by atoms with van der Waals surface area (Å²) in [6.07, 6.45) is -0.509. The summed E-state index contributed by atoms with van der Waals surface area (Å²) in [7, 11) is 0. The van der Waals surface area contributed by atoms with E-state index >= 15 is 0 Å². The quantitative estimate of drug-likeness (QED) is 0.243. The molecule has 37 heavy (non-hydrogen) atoms. The van der Waals surface area contributed by atoms with Gasteiger partial charge in [-0.25, -0.2) is 13.8 Å². The molecule has 7 nitrogen and oxygen atoms in total. The molecular weight excluding hydrogens is 499 g/mol. The number of H-pyrrole nitrogens is 1. The smallest absolute Gasteiger partial charge is 0.446 e. The topological polar surface area (TPSA) is 81.5 Å². The molecular formula is C25H15F5N4O3. The van der Waals surface area contributed by atoms with Gasteiger partial charge in [-0.1, -0.05) is 6.07 Å². The molecule has 6 rings (SSSR count). The predicted molar refractivity (Wildman–Crippen MR) is 122 cm³/mol. The van der Waals surface area contributed by atoms with Gasteiger partial charge in [0.15, 0.2) is 11.5 Å². The van der Waals surface area contributed by atoms with E-state index in [2.05, 4.69) is 15.2 Å². The first-order chi connectivity index (χ1) is 17.7. The van der Waals surface area contributed by atoms with Crippen molar-refractivity contribution in [3.63, 3.8) is 0 Å². The third kappa shape index (κ3) is 4.73.